The van der Waals surface area contributed by atoms with E-state index >= 15 is 0 Å². The van der Waals surface area contributed by atoms with Crippen LogP contribution in [0.1, 0.15) is 31.2 Å². The molecule has 0 aliphatic heterocycles. The maximum Gasteiger partial charge on any atom is 0.319 e. The number of carbonyl (C=O) groups excluding carboxylic acids is 1. The number of amides is 2. The second-order valence-corrected chi connectivity index (χ2v) is 5.76. The molecule has 1 saturated carbocycles. The van der Waals surface area contributed by atoms with E-state index < -0.39 is 5.97 Å². The lowest BCUT2D eigenvalue weighted by atomic mass is 9.82. The van der Waals surface area contributed by atoms with Gasteiger partial charge in [0.2, 0.25) is 0 Å². The van der Waals surface area contributed by atoms with Crippen LogP contribution in [0.3, 0.4) is 0 Å². The molecule has 3 N–H and O–H groups in total. The molecule has 2 amide bonds. The van der Waals surface area contributed by atoms with Crippen LogP contribution in [0.25, 0.3) is 0 Å². The van der Waals surface area contributed by atoms with Gasteiger partial charge >= 0.3 is 12.0 Å². The normalized spacial score (nSPS) is 21.6. The quantitative estimate of drug-likeness (QED) is 0.797. The van der Waals surface area contributed by atoms with Gasteiger partial charge in [0.1, 0.15) is 0 Å². The van der Waals surface area contributed by atoms with Crippen molar-refractivity contribution in [2.75, 3.05) is 11.9 Å². The molecule has 0 aromatic heterocycles. The number of urea groups is 1. The lowest BCUT2D eigenvalue weighted by molar-refractivity contribution is -0.143. The molecule has 2 rings (SSSR count). The SMILES string of the molecule is Cc1cccc(NC(=O)NCC2CCC(C(=O)O)CC2)c1. The molecule has 0 spiro atoms. The Balaban J connectivity index is 1.71. The van der Waals surface area contributed by atoms with Crippen LogP contribution < -0.4 is 10.6 Å². The zero-order valence-electron chi connectivity index (χ0n) is 12.3. The van der Waals surface area contributed by atoms with E-state index in [1.54, 1.807) is 0 Å². The summed E-state index contributed by atoms with van der Waals surface area (Å²) in [4.78, 5) is 22.7. The Hall–Kier alpha value is -2.04. The fourth-order valence-corrected chi connectivity index (χ4v) is 2.75. The molecule has 0 bridgehead atoms. The van der Waals surface area contributed by atoms with Crippen molar-refractivity contribution in [2.45, 2.75) is 32.6 Å². The number of carboxylic acid groups (broad SMARTS) is 1. The van der Waals surface area contributed by atoms with Gasteiger partial charge in [-0.1, -0.05) is 12.1 Å². The van der Waals surface area contributed by atoms with Gasteiger partial charge in [-0.25, -0.2) is 4.79 Å². The van der Waals surface area contributed by atoms with E-state index in [-0.39, 0.29) is 11.9 Å². The summed E-state index contributed by atoms with van der Waals surface area (Å²) < 4.78 is 0. The summed E-state index contributed by atoms with van der Waals surface area (Å²) in [7, 11) is 0. The number of carboxylic acids is 1. The third-order valence-electron chi connectivity index (χ3n) is 4.02. The van der Waals surface area contributed by atoms with E-state index in [9.17, 15) is 9.59 Å². The second kappa shape index (κ2) is 7.11. The first-order valence-corrected chi connectivity index (χ1v) is 7.39. The van der Waals surface area contributed by atoms with E-state index in [1.807, 2.05) is 31.2 Å². The Morgan fingerprint density at radius 2 is 1.95 bits per heavy atom. The van der Waals surface area contributed by atoms with Crippen LogP contribution in [-0.2, 0) is 4.79 Å². The van der Waals surface area contributed by atoms with Crippen LogP contribution in [-0.4, -0.2) is 23.7 Å². The van der Waals surface area contributed by atoms with Crippen LogP contribution in [0.4, 0.5) is 10.5 Å². The number of hydrogen-bond acceptors (Lipinski definition) is 2. The highest BCUT2D eigenvalue weighted by molar-refractivity contribution is 5.89. The predicted octanol–water partition coefficient (Wildman–Crippen LogP) is 3.01. The van der Waals surface area contributed by atoms with Gasteiger partial charge in [0.05, 0.1) is 5.92 Å². The molecular weight excluding hydrogens is 268 g/mol. The average molecular weight is 290 g/mol. The van der Waals surface area contributed by atoms with Crippen molar-refractivity contribution in [3.8, 4) is 0 Å². The third kappa shape index (κ3) is 4.77. The standard InChI is InChI=1S/C16H22N2O3/c1-11-3-2-4-14(9-11)18-16(21)17-10-12-5-7-13(8-6-12)15(19)20/h2-4,9,12-13H,5-8,10H2,1H3,(H,19,20)(H2,17,18,21). The van der Waals surface area contributed by atoms with Gasteiger partial charge in [-0.2, -0.15) is 0 Å². The summed E-state index contributed by atoms with van der Waals surface area (Å²) in [5.41, 5.74) is 1.88. The Morgan fingerprint density at radius 1 is 1.24 bits per heavy atom. The number of hydrogen-bond donors (Lipinski definition) is 3. The number of rotatable bonds is 4. The largest absolute Gasteiger partial charge is 0.481 e. The van der Waals surface area contributed by atoms with Gasteiger partial charge in [0, 0.05) is 12.2 Å². The first kappa shape index (κ1) is 15.4. The van der Waals surface area contributed by atoms with E-state index in [1.165, 1.54) is 0 Å². The Kier molecular flexibility index (Phi) is 5.20. The molecule has 0 atom stereocenters. The highest BCUT2D eigenvalue weighted by Gasteiger charge is 2.25. The van der Waals surface area contributed by atoms with Crippen molar-refractivity contribution in [3.05, 3.63) is 29.8 Å². The van der Waals surface area contributed by atoms with Gasteiger partial charge in [0.15, 0.2) is 0 Å². The van der Waals surface area contributed by atoms with Gasteiger partial charge in [0.25, 0.3) is 0 Å². The number of aliphatic carboxylic acids is 1. The van der Waals surface area contributed by atoms with Crippen molar-refractivity contribution < 1.29 is 14.7 Å². The van der Waals surface area contributed by atoms with Crippen LogP contribution in [0.5, 0.6) is 0 Å². The molecule has 0 unspecified atom stereocenters. The lowest BCUT2D eigenvalue weighted by Gasteiger charge is -2.26. The molecule has 0 saturated heterocycles. The Morgan fingerprint density at radius 3 is 2.57 bits per heavy atom. The Labute approximate surface area is 124 Å². The highest BCUT2D eigenvalue weighted by Crippen LogP contribution is 2.28. The van der Waals surface area contributed by atoms with Crippen molar-refractivity contribution in [1.82, 2.24) is 5.32 Å². The molecule has 1 aromatic carbocycles. The van der Waals surface area contributed by atoms with Gasteiger partial charge in [-0.05, 0) is 56.2 Å². The lowest BCUT2D eigenvalue weighted by Crippen LogP contribution is -2.35. The molecule has 114 valence electrons. The maximum absolute atomic E-state index is 11.8. The number of carbonyl (C=O) groups is 2. The fourth-order valence-electron chi connectivity index (χ4n) is 2.75. The first-order valence-electron chi connectivity index (χ1n) is 7.39. The molecular formula is C16H22N2O3. The number of benzene rings is 1. The molecule has 1 fully saturated rings. The summed E-state index contributed by atoms with van der Waals surface area (Å²) in [5.74, 6) is -0.523. The van der Waals surface area contributed by atoms with E-state index in [2.05, 4.69) is 10.6 Å². The molecule has 0 radical (unpaired) electrons. The van der Waals surface area contributed by atoms with Crippen LogP contribution in [0.2, 0.25) is 0 Å². The molecule has 5 nitrogen and oxygen atoms in total. The minimum Gasteiger partial charge on any atom is -0.481 e. The third-order valence-corrected chi connectivity index (χ3v) is 4.02. The summed E-state index contributed by atoms with van der Waals surface area (Å²) in [6, 6.07) is 7.44. The topological polar surface area (TPSA) is 78.4 Å². The molecule has 1 aromatic rings. The zero-order valence-corrected chi connectivity index (χ0v) is 12.3. The molecule has 0 heterocycles. The summed E-state index contributed by atoms with van der Waals surface area (Å²) in [6.45, 7) is 2.58. The van der Waals surface area contributed by atoms with Gasteiger partial charge in [-0.15, -0.1) is 0 Å². The van der Waals surface area contributed by atoms with E-state index in [4.69, 9.17) is 5.11 Å². The smallest absolute Gasteiger partial charge is 0.319 e. The van der Waals surface area contributed by atoms with Crippen LogP contribution >= 0.6 is 0 Å². The van der Waals surface area contributed by atoms with Crippen molar-refractivity contribution in [1.29, 1.82) is 0 Å². The van der Waals surface area contributed by atoms with Gasteiger partial charge in [-0.3, -0.25) is 4.79 Å². The molecule has 5 heteroatoms. The molecule has 1 aliphatic rings. The van der Waals surface area contributed by atoms with Crippen LogP contribution in [0, 0.1) is 18.8 Å². The summed E-state index contributed by atoms with van der Waals surface area (Å²) in [6.07, 6.45) is 3.14. The number of aryl methyl sites for hydroxylation is 1. The maximum atomic E-state index is 11.8. The monoisotopic (exact) mass is 290 g/mol. The Bertz CT molecular complexity index is 508. The first-order chi connectivity index (χ1) is 10.0. The summed E-state index contributed by atoms with van der Waals surface area (Å²) in [5, 5.41) is 14.6. The fraction of sp³-hybridized carbons (Fsp3) is 0.500. The van der Waals surface area contributed by atoms with E-state index in [0.29, 0.717) is 25.3 Å². The molecule has 21 heavy (non-hydrogen) atoms. The molecule has 1 aliphatic carbocycles. The van der Waals surface area contributed by atoms with E-state index in [0.717, 1.165) is 24.1 Å². The van der Waals surface area contributed by atoms with Crippen molar-refractivity contribution in [3.63, 3.8) is 0 Å². The number of anilines is 1. The minimum atomic E-state index is -0.696. The number of nitrogens with one attached hydrogen (secondary N) is 2. The predicted molar refractivity (Wildman–Crippen MR) is 81.3 cm³/mol. The van der Waals surface area contributed by atoms with Gasteiger partial charge < -0.3 is 15.7 Å². The zero-order chi connectivity index (χ0) is 15.2. The van der Waals surface area contributed by atoms with Crippen LogP contribution in [0.15, 0.2) is 24.3 Å². The summed E-state index contributed by atoms with van der Waals surface area (Å²) >= 11 is 0. The second-order valence-electron chi connectivity index (χ2n) is 5.76. The average Bonchev–Trinajstić information content (AvgIpc) is 2.45. The van der Waals surface area contributed by atoms with Crippen molar-refractivity contribution in [2.24, 2.45) is 11.8 Å². The minimum absolute atomic E-state index is 0.206. The highest BCUT2D eigenvalue weighted by atomic mass is 16.4. The van der Waals surface area contributed by atoms with Crippen molar-refractivity contribution >= 4 is 17.7 Å².